The maximum atomic E-state index is 12.5. The normalized spacial score (nSPS) is 14.4. The van der Waals surface area contributed by atoms with E-state index in [2.05, 4.69) is 14.8 Å². The Kier molecular flexibility index (Phi) is 7.51. The van der Waals surface area contributed by atoms with Crippen molar-refractivity contribution in [2.24, 2.45) is 0 Å². The number of aromatic nitrogens is 1. The van der Waals surface area contributed by atoms with Crippen molar-refractivity contribution < 1.29 is 9.53 Å². The number of piperazine rings is 1. The first-order chi connectivity index (χ1) is 13.6. The summed E-state index contributed by atoms with van der Waals surface area (Å²) in [5.74, 6) is 1.96. The van der Waals surface area contributed by atoms with Crippen molar-refractivity contribution in [3.8, 4) is 5.75 Å². The third-order valence-corrected chi connectivity index (χ3v) is 5.09. The minimum atomic E-state index is 0.211. The van der Waals surface area contributed by atoms with Gasteiger partial charge in [-0.05, 0) is 37.4 Å². The van der Waals surface area contributed by atoms with Gasteiger partial charge in [0.25, 0.3) is 0 Å². The first kappa shape index (κ1) is 20.4. The number of ether oxygens (including phenoxy) is 1. The number of benzene rings is 1. The van der Waals surface area contributed by atoms with Crippen LogP contribution in [0.3, 0.4) is 0 Å². The van der Waals surface area contributed by atoms with Crippen LogP contribution >= 0.6 is 11.6 Å². The van der Waals surface area contributed by atoms with E-state index < -0.39 is 0 Å². The molecule has 0 saturated carbocycles. The Labute approximate surface area is 171 Å². The van der Waals surface area contributed by atoms with Crippen LogP contribution in [-0.2, 0) is 4.79 Å². The van der Waals surface area contributed by atoms with Crippen LogP contribution in [0.5, 0.6) is 5.75 Å². The Morgan fingerprint density at radius 2 is 1.96 bits per heavy atom. The van der Waals surface area contributed by atoms with Gasteiger partial charge in [-0.15, -0.1) is 0 Å². The lowest BCUT2D eigenvalue weighted by Gasteiger charge is -2.35. The zero-order valence-electron chi connectivity index (χ0n) is 16.3. The van der Waals surface area contributed by atoms with Crippen molar-refractivity contribution >= 4 is 23.3 Å². The zero-order chi connectivity index (χ0) is 19.8. The fourth-order valence-electron chi connectivity index (χ4n) is 3.16. The van der Waals surface area contributed by atoms with Crippen molar-refractivity contribution in [3.05, 3.63) is 53.7 Å². The molecule has 7 heteroatoms. The SMILES string of the molecule is CN(CCOc1cccc(Cl)c1)CCC(=O)N1CCN(c2ccccn2)CC1. The highest BCUT2D eigenvalue weighted by Crippen LogP contribution is 2.17. The van der Waals surface area contributed by atoms with Crippen LogP contribution in [0.15, 0.2) is 48.7 Å². The molecule has 2 heterocycles. The van der Waals surface area contributed by atoms with Gasteiger partial charge in [0.1, 0.15) is 18.2 Å². The highest BCUT2D eigenvalue weighted by molar-refractivity contribution is 6.30. The van der Waals surface area contributed by atoms with E-state index in [9.17, 15) is 4.79 Å². The third-order valence-electron chi connectivity index (χ3n) is 4.85. The molecule has 1 aliphatic rings. The molecule has 1 amide bonds. The van der Waals surface area contributed by atoms with Crippen molar-refractivity contribution in [2.45, 2.75) is 6.42 Å². The quantitative estimate of drug-likeness (QED) is 0.679. The van der Waals surface area contributed by atoms with Crippen LogP contribution in [-0.4, -0.2) is 73.6 Å². The van der Waals surface area contributed by atoms with Gasteiger partial charge < -0.3 is 19.4 Å². The van der Waals surface area contributed by atoms with E-state index >= 15 is 0 Å². The lowest BCUT2D eigenvalue weighted by Crippen LogP contribution is -2.49. The Balaban J connectivity index is 1.33. The fourth-order valence-corrected chi connectivity index (χ4v) is 3.34. The first-order valence-corrected chi connectivity index (χ1v) is 10.0. The average molecular weight is 403 g/mol. The predicted molar refractivity (Wildman–Crippen MR) is 112 cm³/mol. The number of amides is 1. The summed E-state index contributed by atoms with van der Waals surface area (Å²) in [7, 11) is 2.01. The summed E-state index contributed by atoms with van der Waals surface area (Å²) in [4.78, 5) is 23.2. The van der Waals surface area contributed by atoms with E-state index in [0.717, 1.165) is 50.8 Å². The van der Waals surface area contributed by atoms with Crippen molar-refractivity contribution in [1.82, 2.24) is 14.8 Å². The van der Waals surface area contributed by atoms with Gasteiger partial charge >= 0.3 is 0 Å². The van der Waals surface area contributed by atoms with Crippen LogP contribution in [0, 0.1) is 0 Å². The summed E-state index contributed by atoms with van der Waals surface area (Å²) >= 11 is 5.95. The number of anilines is 1. The molecular formula is C21H27ClN4O2. The number of hydrogen-bond acceptors (Lipinski definition) is 5. The molecule has 0 aliphatic carbocycles. The molecule has 1 aromatic heterocycles. The number of hydrogen-bond donors (Lipinski definition) is 0. The predicted octanol–water partition coefficient (Wildman–Crippen LogP) is 2.78. The zero-order valence-corrected chi connectivity index (χ0v) is 17.0. The van der Waals surface area contributed by atoms with Crippen molar-refractivity contribution in [3.63, 3.8) is 0 Å². The lowest BCUT2D eigenvalue weighted by atomic mass is 10.2. The number of carbonyl (C=O) groups excluding carboxylic acids is 1. The maximum Gasteiger partial charge on any atom is 0.223 e. The Morgan fingerprint density at radius 1 is 1.14 bits per heavy atom. The van der Waals surface area contributed by atoms with Gasteiger partial charge in [0, 0.05) is 56.9 Å². The van der Waals surface area contributed by atoms with Gasteiger partial charge in [0.15, 0.2) is 0 Å². The van der Waals surface area contributed by atoms with E-state index in [1.807, 2.05) is 48.3 Å². The standard InChI is InChI=1S/C21H27ClN4O2/c1-24(15-16-28-19-6-4-5-18(22)17-19)10-8-21(27)26-13-11-25(12-14-26)20-7-2-3-9-23-20/h2-7,9,17H,8,10-16H2,1H3. The number of halogens is 1. The first-order valence-electron chi connectivity index (χ1n) is 9.62. The minimum Gasteiger partial charge on any atom is -0.492 e. The van der Waals surface area contributed by atoms with E-state index in [1.54, 1.807) is 12.3 Å². The van der Waals surface area contributed by atoms with Crippen LogP contribution < -0.4 is 9.64 Å². The molecule has 28 heavy (non-hydrogen) atoms. The van der Waals surface area contributed by atoms with E-state index in [0.29, 0.717) is 18.1 Å². The van der Waals surface area contributed by atoms with E-state index in [4.69, 9.17) is 16.3 Å². The second kappa shape index (κ2) is 10.3. The van der Waals surface area contributed by atoms with Crippen LogP contribution in [0.1, 0.15) is 6.42 Å². The summed E-state index contributed by atoms with van der Waals surface area (Å²) in [6.07, 6.45) is 2.33. The van der Waals surface area contributed by atoms with Gasteiger partial charge in [-0.2, -0.15) is 0 Å². The maximum absolute atomic E-state index is 12.5. The molecule has 150 valence electrons. The Morgan fingerprint density at radius 3 is 2.68 bits per heavy atom. The van der Waals surface area contributed by atoms with Crippen molar-refractivity contribution in [1.29, 1.82) is 0 Å². The van der Waals surface area contributed by atoms with Gasteiger partial charge in [-0.3, -0.25) is 4.79 Å². The smallest absolute Gasteiger partial charge is 0.223 e. The summed E-state index contributed by atoms with van der Waals surface area (Å²) < 4.78 is 5.70. The molecule has 1 aliphatic heterocycles. The largest absolute Gasteiger partial charge is 0.492 e. The summed E-state index contributed by atoms with van der Waals surface area (Å²) in [5, 5.41) is 0.666. The fraction of sp³-hybridized carbons (Fsp3) is 0.429. The highest BCUT2D eigenvalue weighted by atomic mass is 35.5. The molecule has 0 N–H and O–H groups in total. The summed E-state index contributed by atoms with van der Waals surface area (Å²) in [6, 6.07) is 13.3. The van der Waals surface area contributed by atoms with Gasteiger partial charge in [0.05, 0.1) is 0 Å². The van der Waals surface area contributed by atoms with Crippen molar-refractivity contribution in [2.75, 3.05) is 57.8 Å². The Hall–Kier alpha value is -2.31. The van der Waals surface area contributed by atoms with Gasteiger partial charge in [0.2, 0.25) is 5.91 Å². The Bertz CT molecular complexity index is 751. The molecule has 0 radical (unpaired) electrons. The van der Waals surface area contributed by atoms with Crippen LogP contribution in [0.2, 0.25) is 5.02 Å². The highest BCUT2D eigenvalue weighted by Gasteiger charge is 2.21. The lowest BCUT2D eigenvalue weighted by molar-refractivity contribution is -0.131. The number of likely N-dealkylation sites (N-methyl/N-ethyl adjacent to an activating group) is 1. The molecule has 1 aromatic carbocycles. The third kappa shape index (κ3) is 6.11. The summed E-state index contributed by atoms with van der Waals surface area (Å²) in [6.45, 7) is 5.19. The molecule has 0 spiro atoms. The molecule has 6 nitrogen and oxygen atoms in total. The topological polar surface area (TPSA) is 48.9 Å². The summed E-state index contributed by atoms with van der Waals surface area (Å²) in [5.41, 5.74) is 0. The molecule has 2 aromatic rings. The number of carbonyl (C=O) groups is 1. The average Bonchev–Trinajstić information content (AvgIpc) is 2.73. The van der Waals surface area contributed by atoms with E-state index in [1.165, 1.54) is 0 Å². The number of nitrogens with zero attached hydrogens (tertiary/aromatic N) is 4. The molecule has 3 rings (SSSR count). The minimum absolute atomic E-state index is 0.211. The number of pyridine rings is 1. The van der Waals surface area contributed by atoms with Crippen LogP contribution in [0.25, 0.3) is 0 Å². The second-order valence-corrected chi connectivity index (χ2v) is 7.35. The molecule has 0 unspecified atom stereocenters. The number of rotatable bonds is 8. The van der Waals surface area contributed by atoms with Gasteiger partial charge in [-0.25, -0.2) is 4.98 Å². The van der Waals surface area contributed by atoms with E-state index in [-0.39, 0.29) is 5.91 Å². The van der Waals surface area contributed by atoms with Gasteiger partial charge in [-0.1, -0.05) is 23.7 Å². The molecule has 0 atom stereocenters. The van der Waals surface area contributed by atoms with Crippen LogP contribution in [0.4, 0.5) is 5.82 Å². The monoisotopic (exact) mass is 402 g/mol. The second-order valence-electron chi connectivity index (χ2n) is 6.91. The molecular weight excluding hydrogens is 376 g/mol. The molecule has 1 saturated heterocycles. The molecule has 1 fully saturated rings. The molecule has 0 bridgehead atoms.